The van der Waals surface area contributed by atoms with E-state index in [1.54, 1.807) is 4.31 Å². The quantitative estimate of drug-likeness (QED) is 0.828. The highest BCUT2D eigenvalue weighted by Crippen LogP contribution is 2.36. The highest BCUT2D eigenvalue weighted by molar-refractivity contribution is 7.87. The molecule has 2 rings (SSSR count). The smallest absolute Gasteiger partial charge is 0.280 e. The van der Waals surface area contributed by atoms with Crippen molar-refractivity contribution in [3.05, 3.63) is 0 Å². The number of nitrogens with one attached hydrogen (secondary N) is 1. The Bertz CT molecular complexity index is 422. The van der Waals surface area contributed by atoms with E-state index in [-0.39, 0.29) is 17.5 Å². The summed E-state index contributed by atoms with van der Waals surface area (Å²) in [6.45, 7) is 5.34. The highest BCUT2D eigenvalue weighted by atomic mass is 32.2. The zero-order valence-electron chi connectivity index (χ0n) is 12.8. The molecule has 0 amide bonds. The molecule has 118 valence electrons. The van der Waals surface area contributed by atoms with Gasteiger partial charge in [-0.05, 0) is 31.1 Å². The molecule has 3 N–H and O–H groups in total. The second-order valence-electron chi connectivity index (χ2n) is 6.91. The third kappa shape index (κ3) is 3.53. The first kappa shape index (κ1) is 16.2. The Morgan fingerprint density at radius 1 is 1.20 bits per heavy atom. The van der Waals surface area contributed by atoms with Crippen molar-refractivity contribution in [3.8, 4) is 0 Å². The van der Waals surface area contributed by atoms with Gasteiger partial charge in [0, 0.05) is 25.2 Å². The molecule has 2 fully saturated rings. The number of hydrogen-bond acceptors (Lipinski definition) is 3. The first-order valence-electron chi connectivity index (χ1n) is 7.86. The third-order valence-corrected chi connectivity index (χ3v) is 6.63. The van der Waals surface area contributed by atoms with Gasteiger partial charge in [0.2, 0.25) is 0 Å². The molecule has 5 nitrogen and oxygen atoms in total. The number of nitrogens with two attached hydrogens (primary N) is 1. The fourth-order valence-corrected chi connectivity index (χ4v) is 5.37. The lowest BCUT2D eigenvalue weighted by Crippen LogP contribution is -2.56. The standard InChI is InChI=1S/C14H29N3O2S/c1-14(2)9-5-3-8-13(14)16-20(18,19)17-10-6-4-7-12(17)11-15/h12-13,16H,3-11,15H2,1-2H3. The fraction of sp³-hybridized carbons (Fsp3) is 1.00. The zero-order chi connectivity index (χ0) is 14.8. The van der Waals surface area contributed by atoms with E-state index in [4.69, 9.17) is 5.73 Å². The maximum Gasteiger partial charge on any atom is 0.280 e. The van der Waals surface area contributed by atoms with Gasteiger partial charge in [0.25, 0.3) is 10.2 Å². The second-order valence-corrected chi connectivity index (χ2v) is 8.56. The molecule has 1 saturated carbocycles. The molecular formula is C14H29N3O2S. The lowest BCUT2D eigenvalue weighted by molar-refractivity contribution is 0.180. The van der Waals surface area contributed by atoms with Gasteiger partial charge >= 0.3 is 0 Å². The minimum Gasteiger partial charge on any atom is -0.329 e. The summed E-state index contributed by atoms with van der Waals surface area (Å²) in [4.78, 5) is 0. The van der Waals surface area contributed by atoms with Crippen LogP contribution in [0.5, 0.6) is 0 Å². The minimum atomic E-state index is -3.41. The average Bonchev–Trinajstić information content (AvgIpc) is 2.41. The van der Waals surface area contributed by atoms with Crippen LogP contribution in [0.15, 0.2) is 0 Å². The van der Waals surface area contributed by atoms with E-state index in [9.17, 15) is 8.42 Å². The van der Waals surface area contributed by atoms with Crippen molar-refractivity contribution >= 4 is 10.2 Å². The van der Waals surface area contributed by atoms with Crippen LogP contribution >= 0.6 is 0 Å². The van der Waals surface area contributed by atoms with Gasteiger partial charge in [-0.15, -0.1) is 0 Å². The lowest BCUT2D eigenvalue weighted by Gasteiger charge is -2.41. The van der Waals surface area contributed by atoms with E-state index in [1.807, 2.05) is 0 Å². The first-order chi connectivity index (χ1) is 9.37. The van der Waals surface area contributed by atoms with Gasteiger partial charge in [0.15, 0.2) is 0 Å². The zero-order valence-corrected chi connectivity index (χ0v) is 13.6. The summed E-state index contributed by atoms with van der Waals surface area (Å²) >= 11 is 0. The van der Waals surface area contributed by atoms with Crippen LogP contribution in [0.25, 0.3) is 0 Å². The van der Waals surface area contributed by atoms with Crippen LogP contribution in [-0.4, -0.2) is 37.9 Å². The number of rotatable bonds is 4. The van der Waals surface area contributed by atoms with E-state index in [0.717, 1.165) is 38.5 Å². The van der Waals surface area contributed by atoms with E-state index < -0.39 is 10.2 Å². The maximum absolute atomic E-state index is 12.7. The summed E-state index contributed by atoms with van der Waals surface area (Å²) < 4.78 is 29.9. The predicted molar refractivity (Wildman–Crippen MR) is 81.5 cm³/mol. The highest BCUT2D eigenvalue weighted by Gasteiger charge is 2.38. The van der Waals surface area contributed by atoms with Gasteiger partial charge < -0.3 is 5.73 Å². The van der Waals surface area contributed by atoms with Crippen LogP contribution in [0.4, 0.5) is 0 Å². The topological polar surface area (TPSA) is 75.4 Å². The van der Waals surface area contributed by atoms with Gasteiger partial charge in [0.05, 0.1) is 0 Å². The Morgan fingerprint density at radius 2 is 1.90 bits per heavy atom. The average molecular weight is 303 g/mol. The van der Waals surface area contributed by atoms with Crippen molar-refractivity contribution in [1.29, 1.82) is 0 Å². The second kappa shape index (κ2) is 6.30. The maximum atomic E-state index is 12.7. The summed E-state index contributed by atoms with van der Waals surface area (Å²) in [6, 6.07) is 0.00885. The molecule has 2 unspecified atom stereocenters. The van der Waals surface area contributed by atoms with Crippen LogP contribution in [0.2, 0.25) is 0 Å². The van der Waals surface area contributed by atoms with Crippen molar-refractivity contribution in [3.63, 3.8) is 0 Å². The Hall–Kier alpha value is -0.170. The number of hydrogen-bond donors (Lipinski definition) is 2. The number of nitrogens with zero attached hydrogens (tertiary/aromatic N) is 1. The summed E-state index contributed by atoms with van der Waals surface area (Å²) in [5.41, 5.74) is 5.78. The van der Waals surface area contributed by atoms with Crippen molar-refractivity contribution in [2.75, 3.05) is 13.1 Å². The molecule has 0 radical (unpaired) electrons. The van der Waals surface area contributed by atoms with Crippen molar-refractivity contribution in [2.24, 2.45) is 11.1 Å². The Labute approximate surface area is 123 Å². The van der Waals surface area contributed by atoms with Crippen molar-refractivity contribution in [2.45, 2.75) is 70.9 Å². The van der Waals surface area contributed by atoms with E-state index in [1.165, 1.54) is 6.42 Å². The Morgan fingerprint density at radius 3 is 2.55 bits per heavy atom. The molecule has 2 atom stereocenters. The SMILES string of the molecule is CC1(C)CCCCC1NS(=O)(=O)N1CCCCC1CN. The molecule has 2 aliphatic rings. The van der Waals surface area contributed by atoms with Gasteiger partial charge in [-0.25, -0.2) is 0 Å². The summed E-state index contributed by atoms with van der Waals surface area (Å²) in [6.07, 6.45) is 7.21. The molecule has 0 aromatic carbocycles. The van der Waals surface area contributed by atoms with E-state index in [2.05, 4.69) is 18.6 Å². The summed E-state index contributed by atoms with van der Waals surface area (Å²) in [5, 5.41) is 0. The largest absolute Gasteiger partial charge is 0.329 e. The molecule has 0 aromatic rings. The number of piperidine rings is 1. The molecule has 0 bridgehead atoms. The van der Waals surface area contributed by atoms with Crippen LogP contribution in [0, 0.1) is 5.41 Å². The van der Waals surface area contributed by atoms with Crippen molar-refractivity contribution in [1.82, 2.24) is 9.03 Å². The fourth-order valence-electron chi connectivity index (χ4n) is 3.49. The summed E-state index contributed by atoms with van der Waals surface area (Å²) in [7, 11) is -3.41. The minimum absolute atomic E-state index is 0.0343. The van der Waals surface area contributed by atoms with Gasteiger partial charge in [-0.3, -0.25) is 0 Å². The molecule has 0 spiro atoms. The Kier molecular flexibility index (Phi) is 5.10. The molecule has 1 aliphatic heterocycles. The van der Waals surface area contributed by atoms with Gasteiger partial charge in [0.1, 0.15) is 0 Å². The predicted octanol–water partition coefficient (Wildman–Crippen LogP) is 1.60. The van der Waals surface area contributed by atoms with Crippen LogP contribution in [-0.2, 0) is 10.2 Å². The molecular weight excluding hydrogens is 274 g/mol. The molecule has 1 heterocycles. The Balaban J connectivity index is 2.09. The van der Waals surface area contributed by atoms with E-state index >= 15 is 0 Å². The molecule has 20 heavy (non-hydrogen) atoms. The van der Waals surface area contributed by atoms with Crippen LogP contribution < -0.4 is 10.5 Å². The van der Waals surface area contributed by atoms with Crippen LogP contribution in [0.3, 0.4) is 0 Å². The molecule has 6 heteroatoms. The summed E-state index contributed by atoms with van der Waals surface area (Å²) in [5.74, 6) is 0. The normalized spacial score (nSPS) is 32.1. The van der Waals surface area contributed by atoms with Gasteiger partial charge in [-0.2, -0.15) is 17.4 Å². The molecule has 0 aromatic heterocycles. The van der Waals surface area contributed by atoms with Gasteiger partial charge in [-0.1, -0.05) is 33.1 Å². The van der Waals surface area contributed by atoms with Crippen molar-refractivity contribution < 1.29 is 8.42 Å². The van der Waals surface area contributed by atoms with Crippen LogP contribution in [0.1, 0.15) is 58.8 Å². The third-order valence-electron chi connectivity index (χ3n) is 4.95. The monoisotopic (exact) mass is 303 g/mol. The molecule has 1 saturated heterocycles. The lowest BCUT2D eigenvalue weighted by atomic mass is 9.74. The molecule has 1 aliphatic carbocycles. The first-order valence-corrected chi connectivity index (χ1v) is 9.30. The van der Waals surface area contributed by atoms with E-state index in [0.29, 0.717) is 13.1 Å².